The zero-order valence-corrected chi connectivity index (χ0v) is 31.0. The van der Waals surface area contributed by atoms with Crippen molar-refractivity contribution in [1.82, 2.24) is 0 Å². The minimum Gasteiger partial charge on any atom is -0.458 e. The molecule has 260 valence electrons. The maximum absolute atomic E-state index is 13.9. The van der Waals surface area contributed by atoms with Crippen molar-refractivity contribution in [2.75, 3.05) is 0 Å². The Hall–Kier alpha value is -7.14. The van der Waals surface area contributed by atoms with Gasteiger partial charge in [0.1, 0.15) is 11.5 Å². The van der Waals surface area contributed by atoms with Crippen LogP contribution in [-0.4, -0.2) is 9.17 Å². The van der Waals surface area contributed by atoms with Crippen LogP contribution in [0.15, 0.2) is 182 Å². The molecule has 12 aromatic carbocycles. The van der Waals surface area contributed by atoms with Gasteiger partial charge in [0.05, 0.1) is 0 Å². The van der Waals surface area contributed by atoms with Crippen LogP contribution >= 0.6 is 0 Å². The predicted octanol–water partition coefficient (Wildman–Crippen LogP) is 14.1. The van der Waals surface area contributed by atoms with E-state index in [2.05, 4.69) is 158 Å². The second-order valence-electron chi connectivity index (χ2n) is 14.9. The van der Waals surface area contributed by atoms with Crippen LogP contribution < -0.4 is 8.85 Å². The van der Waals surface area contributed by atoms with Crippen LogP contribution in [0.5, 0.6) is 11.5 Å². The van der Waals surface area contributed by atoms with Crippen LogP contribution in [-0.2, 0) is 4.46 Å². The first-order chi connectivity index (χ1) is 27.6. The van der Waals surface area contributed by atoms with Crippen LogP contribution in [0.2, 0.25) is 0 Å². The molecule has 0 radical (unpaired) electrons. The smallest absolute Gasteiger partial charge is 0.458 e. The van der Waals surface area contributed by atoms with E-state index in [9.17, 15) is 4.46 Å². The number of benzene rings is 12. The highest BCUT2D eigenvalue weighted by atomic mass is 28.3. The van der Waals surface area contributed by atoms with Crippen LogP contribution in [0.1, 0.15) is 0 Å². The lowest BCUT2D eigenvalue weighted by Crippen LogP contribution is -2.19. The van der Waals surface area contributed by atoms with Crippen molar-refractivity contribution in [3.63, 3.8) is 0 Å². The van der Waals surface area contributed by atoms with E-state index in [4.69, 9.17) is 8.85 Å². The van der Waals surface area contributed by atoms with Gasteiger partial charge in [-0.25, -0.2) is 0 Å². The highest BCUT2D eigenvalue weighted by Crippen LogP contribution is 2.38. The zero-order valence-electron chi connectivity index (χ0n) is 30.0. The van der Waals surface area contributed by atoms with E-state index in [1.54, 1.807) is 0 Å². The van der Waals surface area contributed by atoms with Crippen molar-refractivity contribution in [3.8, 4) is 11.5 Å². The summed E-state index contributed by atoms with van der Waals surface area (Å²) in [6, 6.07) is 64.4. The van der Waals surface area contributed by atoms with E-state index in [1.165, 1.54) is 64.6 Å². The molecule has 0 atom stereocenters. The quantitative estimate of drug-likeness (QED) is 0.103. The largest absolute Gasteiger partial charge is 0.778 e. The van der Waals surface area contributed by atoms with Crippen molar-refractivity contribution in [2.45, 2.75) is 0 Å². The Labute approximate surface area is 322 Å². The average Bonchev–Trinajstić information content (AvgIpc) is 3.22. The van der Waals surface area contributed by atoms with Crippen molar-refractivity contribution in [2.24, 2.45) is 0 Å². The normalized spacial score (nSPS) is 12.0. The molecule has 0 amide bonds. The third-order valence-electron chi connectivity index (χ3n) is 11.6. The van der Waals surface area contributed by atoms with E-state index >= 15 is 0 Å². The van der Waals surface area contributed by atoms with Crippen molar-refractivity contribution < 1.29 is 13.3 Å². The fraction of sp³-hybridized carbons (Fsp3) is 0. The van der Waals surface area contributed by atoms with Gasteiger partial charge in [0.25, 0.3) is 0 Å². The van der Waals surface area contributed by atoms with E-state index in [0.29, 0.717) is 11.5 Å². The number of hydrogen-bond donors (Lipinski definition) is 0. The van der Waals surface area contributed by atoms with Gasteiger partial charge in [0.15, 0.2) is 0 Å². The summed E-state index contributed by atoms with van der Waals surface area (Å²) in [4.78, 5) is 0. The van der Waals surface area contributed by atoms with E-state index in [1.807, 2.05) is 24.3 Å². The van der Waals surface area contributed by atoms with Gasteiger partial charge >= 0.3 is 9.17 Å². The Bertz CT molecular complexity index is 3440. The molecule has 0 saturated heterocycles. The molecule has 0 fully saturated rings. The number of hydrogen-bond acceptors (Lipinski definition) is 3. The fourth-order valence-corrected chi connectivity index (χ4v) is 9.63. The van der Waals surface area contributed by atoms with Gasteiger partial charge in [-0.15, -0.1) is 0 Å². The van der Waals surface area contributed by atoms with Gasteiger partial charge in [0, 0.05) is 10.8 Å². The van der Waals surface area contributed by atoms with E-state index in [0.717, 1.165) is 43.1 Å². The van der Waals surface area contributed by atoms with Gasteiger partial charge in [0.2, 0.25) is 0 Å². The second kappa shape index (κ2) is 11.9. The molecule has 0 spiro atoms. The summed E-state index contributed by atoms with van der Waals surface area (Å²) in [5.41, 5.74) is 0. The zero-order chi connectivity index (χ0) is 36.9. The summed E-state index contributed by atoms with van der Waals surface area (Å²) in [5, 5.41) is 22.8. The lowest BCUT2D eigenvalue weighted by molar-refractivity contribution is 0.349. The Morgan fingerprint density at radius 1 is 0.250 bits per heavy atom. The molecule has 0 bridgehead atoms. The summed E-state index contributed by atoms with van der Waals surface area (Å²) in [5.74, 6) is 1.07. The standard InChI is InChI=1S/C52H30O3Si/c53-56(54-51-13-5-11-35-23-37-15-17-39-25-41-19-31-7-1-3-9-33(31)21-43(41)27-45(39)47(37)29-49(35)51)55-52-14-6-12-36-24-38-16-18-40-26-42-20-32-8-2-4-10-34(32)22-44(42)28-46(40)48(38)30-50(36)52/h1-30H. The molecule has 4 heteroatoms. The molecule has 0 unspecified atom stereocenters. The number of rotatable bonds is 4. The highest BCUT2D eigenvalue weighted by Gasteiger charge is 2.19. The first-order valence-corrected chi connectivity index (χ1v) is 20.1. The van der Waals surface area contributed by atoms with E-state index in [-0.39, 0.29) is 0 Å². The summed E-state index contributed by atoms with van der Waals surface area (Å²) < 4.78 is 26.3. The minimum absolute atomic E-state index is 0.535. The van der Waals surface area contributed by atoms with Gasteiger partial charge in [-0.1, -0.05) is 97.1 Å². The fourth-order valence-electron chi connectivity index (χ4n) is 8.87. The predicted molar refractivity (Wildman–Crippen MR) is 236 cm³/mol. The molecule has 0 saturated carbocycles. The Balaban J connectivity index is 0.932. The maximum atomic E-state index is 13.9. The molecule has 12 rings (SSSR count). The molecule has 3 nitrogen and oxygen atoms in total. The Morgan fingerprint density at radius 3 is 0.929 bits per heavy atom. The molecule has 0 heterocycles. The molecule has 0 aliphatic carbocycles. The minimum atomic E-state index is -3.01. The number of fused-ring (bicyclic) bond motifs is 12. The Kier molecular flexibility index (Phi) is 6.65. The van der Waals surface area contributed by atoms with Crippen molar-refractivity contribution in [3.05, 3.63) is 182 Å². The van der Waals surface area contributed by atoms with Crippen LogP contribution in [0.3, 0.4) is 0 Å². The lowest BCUT2D eigenvalue weighted by Gasteiger charge is -2.13. The summed E-state index contributed by atoms with van der Waals surface area (Å²) >= 11 is 0. The second-order valence-corrected chi connectivity index (χ2v) is 15.8. The summed E-state index contributed by atoms with van der Waals surface area (Å²) in [7, 11) is -3.01. The molecular weight excluding hydrogens is 701 g/mol. The first-order valence-electron chi connectivity index (χ1n) is 18.9. The van der Waals surface area contributed by atoms with Crippen LogP contribution in [0.25, 0.3) is 108 Å². The SMILES string of the molecule is O=[Si](Oc1cccc2cc3ccc4cc5cc6ccccc6cc5cc4c3cc12)Oc1cccc2cc3ccc4cc5cc6ccccc6cc5cc4c3cc12. The van der Waals surface area contributed by atoms with Crippen LogP contribution in [0.4, 0.5) is 0 Å². The Morgan fingerprint density at radius 2 is 0.536 bits per heavy atom. The van der Waals surface area contributed by atoms with Gasteiger partial charge < -0.3 is 8.85 Å². The van der Waals surface area contributed by atoms with Crippen molar-refractivity contribution in [1.29, 1.82) is 0 Å². The van der Waals surface area contributed by atoms with Gasteiger partial charge in [-0.2, -0.15) is 0 Å². The summed E-state index contributed by atoms with van der Waals surface area (Å²) in [6.07, 6.45) is 0. The molecular formula is C52H30O3Si. The topological polar surface area (TPSA) is 35.5 Å². The monoisotopic (exact) mass is 730 g/mol. The molecule has 0 aliphatic rings. The maximum Gasteiger partial charge on any atom is 0.778 e. The third-order valence-corrected chi connectivity index (χ3v) is 12.4. The van der Waals surface area contributed by atoms with Gasteiger partial charge in [-0.05, 0) is 182 Å². The average molecular weight is 731 g/mol. The highest BCUT2D eigenvalue weighted by molar-refractivity contribution is 6.30. The molecule has 0 N–H and O–H groups in total. The van der Waals surface area contributed by atoms with E-state index < -0.39 is 9.17 Å². The van der Waals surface area contributed by atoms with Crippen molar-refractivity contribution >= 4 is 117 Å². The molecule has 56 heavy (non-hydrogen) atoms. The first kappa shape index (κ1) is 31.2. The van der Waals surface area contributed by atoms with Gasteiger partial charge in [-0.3, -0.25) is 4.46 Å². The molecule has 0 aromatic heterocycles. The molecule has 0 aliphatic heterocycles. The van der Waals surface area contributed by atoms with Crippen LogP contribution in [0, 0.1) is 0 Å². The molecule has 12 aromatic rings. The summed E-state index contributed by atoms with van der Waals surface area (Å²) in [6.45, 7) is 0. The lowest BCUT2D eigenvalue weighted by atomic mass is 9.94. The third kappa shape index (κ3) is 4.97.